The molecule has 0 amide bonds. The highest BCUT2D eigenvalue weighted by Crippen LogP contribution is 2.33. The molecule has 0 saturated heterocycles. The predicted molar refractivity (Wildman–Crippen MR) is 94.0 cm³/mol. The van der Waals surface area contributed by atoms with Crippen molar-refractivity contribution in [2.45, 2.75) is 25.7 Å². The van der Waals surface area contributed by atoms with E-state index < -0.39 is 0 Å². The van der Waals surface area contributed by atoms with Crippen LogP contribution in [0, 0.1) is 0 Å². The van der Waals surface area contributed by atoms with Crippen LogP contribution in [-0.2, 0) is 11.2 Å². The summed E-state index contributed by atoms with van der Waals surface area (Å²) in [5.41, 5.74) is 2.13. The molecule has 0 aliphatic carbocycles. The number of hydrogen-bond acceptors (Lipinski definition) is 4. The number of fused-ring (bicyclic) bond motifs is 1. The van der Waals surface area contributed by atoms with E-state index in [9.17, 15) is 10.2 Å². The van der Waals surface area contributed by atoms with E-state index in [4.69, 9.17) is 4.74 Å². The van der Waals surface area contributed by atoms with Crippen molar-refractivity contribution in [3.8, 4) is 11.5 Å². The molecule has 1 aromatic rings. The van der Waals surface area contributed by atoms with Gasteiger partial charge in [-0.25, -0.2) is 0 Å². The van der Waals surface area contributed by atoms with E-state index in [1.165, 1.54) is 6.07 Å². The molecule has 0 atom stereocenters. The van der Waals surface area contributed by atoms with Crippen molar-refractivity contribution in [2.24, 2.45) is 4.99 Å². The second kappa shape index (κ2) is 8.22. The Morgan fingerprint density at radius 2 is 1.83 bits per heavy atom. The largest absolute Gasteiger partial charge is 0.508 e. The van der Waals surface area contributed by atoms with E-state index in [2.05, 4.69) is 29.8 Å². The molecule has 0 fully saturated rings. The molecule has 0 spiro atoms. The van der Waals surface area contributed by atoms with Crippen LogP contribution in [0.3, 0.4) is 0 Å². The maximum atomic E-state index is 10.2. The van der Waals surface area contributed by atoms with Crippen molar-refractivity contribution in [3.63, 3.8) is 0 Å². The Balaban J connectivity index is 2.41. The number of benzene rings is 1. The molecule has 0 aromatic heterocycles. The lowest BCUT2D eigenvalue weighted by molar-refractivity contribution is 0.283. The van der Waals surface area contributed by atoms with Gasteiger partial charge in [0.2, 0.25) is 0 Å². The van der Waals surface area contributed by atoms with Crippen LogP contribution in [0.25, 0.3) is 5.76 Å². The molecular formula is C19H23NO3. The summed E-state index contributed by atoms with van der Waals surface area (Å²) in [6.45, 7) is 4.42. The fourth-order valence-electron chi connectivity index (χ4n) is 2.51. The maximum absolute atomic E-state index is 10.2. The standard InChI is InChI=1S/C19H23NO3/c1-14-19-15(12-17(21)13-18(19)22)11-16(20-2)9-7-5-3-4-6-8-10-23-14/h4,6-7,9,12-13,21-22H,1,3,5,8,10-11H2,2H3/b6-4+,9-7+,20-16?. The van der Waals surface area contributed by atoms with Crippen molar-refractivity contribution >= 4 is 11.5 Å². The topological polar surface area (TPSA) is 62.0 Å². The molecular weight excluding hydrogens is 290 g/mol. The minimum absolute atomic E-state index is 0.0116. The molecule has 23 heavy (non-hydrogen) atoms. The lowest BCUT2D eigenvalue weighted by atomic mass is 9.98. The van der Waals surface area contributed by atoms with E-state index in [-0.39, 0.29) is 11.5 Å². The molecule has 2 N–H and O–H groups in total. The highest BCUT2D eigenvalue weighted by atomic mass is 16.5. The van der Waals surface area contributed by atoms with Crippen molar-refractivity contribution in [3.05, 3.63) is 54.1 Å². The molecule has 0 bridgehead atoms. The molecule has 0 radical (unpaired) electrons. The van der Waals surface area contributed by atoms with Gasteiger partial charge in [0.25, 0.3) is 0 Å². The van der Waals surface area contributed by atoms with Crippen LogP contribution in [0.15, 0.2) is 48.0 Å². The van der Waals surface area contributed by atoms with Crippen LogP contribution >= 0.6 is 0 Å². The Hall–Kier alpha value is -2.49. The summed E-state index contributed by atoms with van der Waals surface area (Å²) in [5.74, 6) is 0.381. The van der Waals surface area contributed by atoms with Gasteiger partial charge < -0.3 is 14.9 Å². The molecule has 2 rings (SSSR count). The van der Waals surface area contributed by atoms with Crippen molar-refractivity contribution in [1.29, 1.82) is 0 Å². The SMILES string of the molecule is C=C1OCC/C=C/CC/C=C/C(=NC)Cc2cc(O)cc(O)c21. The van der Waals surface area contributed by atoms with Crippen LogP contribution in [-0.4, -0.2) is 29.6 Å². The fraction of sp³-hybridized carbons (Fsp3) is 0.316. The first-order chi connectivity index (χ1) is 11.1. The van der Waals surface area contributed by atoms with Gasteiger partial charge in [0.05, 0.1) is 12.2 Å². The number of ether oxygens (including phenoxy) is 1. The van der Waals surface area contributed by atoms with E-state index in [0.29, 0.717) is 24.4 Å². The highest BCUT2D eigenvalue weighted by molar-refractivity contribution is 5.97. The monoisotopic (exact) mass is 313 g/mol. The zero-order chi connectivity index (χ0) is 16.7. The van der Waals surface area contributed by atoms with Gasteiger partial charge in [-0.1, -0.05) is 24.8 Å². The van der Waals surface area contributed by atoms with E-state index >= 15 is 0 Å². The number of hydrogen-bond donors (Lipinski definition) is 2. The smallest absolute Gasteiger partial charge is 0.130 e. The Kier molecular flexibility index (Phi) is 6.03. The second-order valence-electron chi connectivity index (χ2n) is 5.40. The van der Waals surface area contributed by atoms with Crippen molar-refractivity contribution in [1.82, 2.24) is 0 Å². The summed E-state index contributed by atoms with van der Waals surface area (Å²) in [6.07, 6.45) is 11.5. The number of nitrogens with zero attached hydrogens (tertiary/aromatic N) is 1. The van der Waals surface area contributed by atoms with Crippen LogP contribution < -0.4 is 0 Å². The van der Waals surface area contributed by atoms with Gasteiger partial charge in [-0.05, 0) is 37.0 Å². The molecule has 1 heterocycles. The second-order valence-corrected chi connectivity index (χ2v) is 5.40. The first-order valence-corrected chi connectivity index (χ1v) is 7.76. The molecule has 4 heteroatoms. The zero-order valence-corrected chi connectivity index (χ0v) is 13.5. The third kappa shape index (κ3) is 4.74. The highest BCUT2D eigenvalue weighted by Gasteiger charge is 2.16. The number of aromatic hydroxyl groups is 2. The summed E-state index contributed by atoms with van der Waals surface area (Å²) in [4.78, 5) is 4.28. The summed E-state index contributed by atoms with van der Waals surface area (Å²) < 4.78 is 5.66. The van der Waals surface area contributed by atoms with Gasteiger partial charge in [-0.2, -0.15) is 0 Å². The summed E-state index contributed by atoms with van der Waals surface area (Å²) in [6, 6.07) is 2.92. The minimum Gasteiger partial charge on any atom is -0.508 e. The van der Waals surface area contributed by atoms with E-state index in [1.54, 1.807) is 13.1 Å². The lowest BCUT2D eigenvalue weighted by Crippen LogP contribution is -2.05. The maximum Gasteiger partial charge on any atom is 0.130 e. The first kappa shape index (κ1) is 16.9. The summed E-state index contributed by atoms with van der Waals surface area (Å²) in [7, 11) is 1.73. The number of aliphatic imine (C=N–C) groups is 1. The quantitative estimate of drug-likeness (QED) is 0.712. The zero-order valence-electron chi connectivity index (χ0n) is 13.5. The molecule has 4 nitrogen and oxygen atoms in total. The molecule has 122 valence electrons. The molecule has 1 aliphatic rings. The normalized spacial score (nSPS) is 21.1. The molecule has 1 aliphatic heterocycles. The number of rotatable bonds is 0. The van der Waals surface area contributed by atoms with E-state index in [1.807, 2.05) is 6.08 Å². The first-order valence-electron chi connectivity index (χ1n) is 7.76. The average Bonchev–Trinajstić information content (AvgIpc) is 2.50. The Labute approximate surface area is 137 Å². The molecule has 0 saturated carbocycles. The third-order valence-corrected chi connectivity index (χ3v) is 3.66. The Bertz CT molecular complexity index is 657. The van der Waals surface area contributed by atoms with Crippen molar-refractivity contribution < 1.29 is 14.9 Å². The minimum atomic E-state index is -0.0351. The predicted octanol–water partition coefficient (Wildman–Crippen LogP) is 3.99. The van der Waals surface area contributed by atoms with Crippen LogP contribution in [0.5, 0.6) is 11.5 Å². The number of phenolic OH excluding ortho intramolecular Hbond substituents is 2. The number of phenols is 2. The van der Waals surface area contributed by atoms with Gasteiger partial charge >= 0.3 is 0 Å². The van der Waals surface area contributed by atoms with Crippen LogP contribution in [0.2, 0.25) is 0 Å². The van der Waals surface area contributed by atoms with Crippen LogP contribution in [0.4, 0.5) is 0 Å². The Morgan fingerprint density at radius 1 is 1.09 bits per heavy atom. The Morgan fingerprint density at radius 3 is 2.61 bits per heavy atom. The van der Waals surface area contributed by atoms with E-state index in [0.717, 1.165) is 30.5 Å². The molecule has 0 unspecified atom stereocenters. The van der Waals surface area contributed by atoms with Gasteiger partial charge in [0.15, 0.2) is 0 Å². The van der Waals surface area contributed by atoms with Gasteiger partial charge in [0.1, 0.15) is 17.3 Å². The summed E-state index contributed by atoms with van der Waals surface area (Å²) in [5, 5.41) is 20.0. The van der Waals surface area contributed by atoms with Gasteiger partial charge in [0, 0.05) is 25.2 Å². The van der Waals surface area contributed by atoms with Crippen molar-refractivity contribution in [2.75, 3.05) is 13.7 Å². The lowest BCUT2D eigenvalue weighted by Gasteiger charge is -2.15. The van der Waals surface area contributed by atoms with Gasteiger partial charge in [-0.15, -0.1) is 0 Å². The summed E-state index contributed by atoms with van der Waals surface area (Å²) >= 11 is 0. The molecule has 1 aromatic carbocycles. The number of allylic oxidation sites excluding steroid dienone is 3. The van der Waals surface area contributed by atoms with Crippen LogP contribution in [0.1, 0.15) is 30.4 Å². The average molecular weight is 313 g/mol. The fourth-order valence-corrected chi connectivity index (χ4v) is 2.51. The van der Waals surface area contributed by atoms with Gasteiger partial charge in [-0.3, -0.25) is 4.99 Å². The third-order valence-electron chi connectivity index (χ3n) is 3.66.